The van der Waals surface area contributed by atoms with Crippen LogP contribution in [0.1, 0.15) is 25.7 Å². The van der Waals surface area contributed by atoms with Crippen LogP contribution in [-0.2, 0) is 0 Å². The number of piperidine rings is 1. The number of benzene rings is 1. The summed E-state index contributed by atoms with van der Waals surface area (Å²) in [6, 6.07) is 7.12. The van der Waals surface area contributed by atoms with Gasteiger partial charge in [-0.2, -0.15) is 0 Å². The van der Waals surface area contributed by atoms with Crippen molar-refractivity contribution in [1.82, 2.24) is 4.90 Å². The van der Waals surface area contributed by atoms with Crippen molar-refractivity contribution < 1.29 is 0 Å². The van der Waals surface area contributed by atoms with Gasteiger partial charge in [-0.15, -0.1) is 0 Å². The number of hydrogen-bond acceptors (Lipinski definition) is 4. The summed E-state index contributed by atoms with van der Waals surface area (Å²) in [6.07, 6.45) is 5.28. The van der Waals surface area contributed by atoms with E-state index in [1.165, 1.54) is 38.8 Å². The third kappa shape index (κ3) is 2.12. The maximum atomic E-state index is 5.85. The number of fused-ring (bicyclic) bond motifs is 1. The Morgan fingerprint density at radius 2 is 1.94 bits per heavy atom. The van der Waals surface area contributed by atoms with Gasteiger partial charge in [0.1, 0.15) is 0 Å². The Labute approximate surface area is 108 Å². The second-order valence-electron chi connectivity index (χ2n) is 5.48. The highest BCUT2D eigenvalue weighted by atomic mass is 15.2. The van der Waals surface area contributed by atoms with Crippen LogP contribution in [0.5, 0.6) is 0 Å². The Morgan fingerprint density at radius 1 is 1.06 bits per heavy atom. The van der Waals surface area contributed by atoms with E-state index >= 15 is 0 Å². The first-order valence-electron chi connectivity index (χ1n) is 6.89. The number of nitrogen functional groups attached to an aromatic ring is 2. The molecular formula is C14H22N4. The second-order valence-corrected chi connectivity index (χ2v) is 5.48. The maximum Gasteiger partial charge on any atom is 0.0568 e. The molecule has 2 atom stereocenters. The minimum absolute atomic E-state index is 0.563. The molecule has 2 aliphatic heterocycles. The third-order valence-corrected chi connectivity index (χ3v) is 4.29. The largest absolute Gasteiger partial charge is 0.397 e. The van der Waals surface area contributed by atoms with Gasteiger partial charge in [0.15, 0.2) is 0 Å². The van der Waals surface area contributed by atoms with Gasteiger partial charge in [-0.25, -0.2) is 0 Å². The molecule has 2 aliphatic rings. The fraction of sp³-hybridized carbons (Fsp3) is 0.571. The van der Waals surface area contributed by atoms with E-state index in [2.05, 4.69) is 10.2 Å². The number of nitrogens with zero attached hydrogens (tertiary/aromatic N) is 1. The molecule has 5 N–H and O–H groups in total. The number of hydrogen-bond donors (Lipinski definition) is 3. The van der Waals surface area contributed by atoms with Gasteiger partial charge in [0, 0.05) is 24.3 Å². The smallest absolute Gasteiger partial charge is 0.0568 e. The van der Waals surface area contributed by atoms with Crippen molar-refractivity contribution in [3.8, 4) is 0 Å². The van der Waals surface area contributed by atoms with Crippen molar-refractivity contribution in [3.05, 3.63) is 18.2 Å². The standard InChI is InChI=1S/C14H22N4/c15-11-5-4-10(9-12(11)16)17-13-6-8-18-7-2-1-3-14(13)18/h4-5,9,13-14,17H,1-3,6-8,15-16H2. The Bertz CT molecular complexity index is 432. The average molecular weight is 246 g/mol. The summed E-state index contributed by atoms with van der Waals surface area (Å²) in [6.45, 7) is 2.50. The van der Waals surface area contributed by atoms with Gasteiger partial charge in [0.05, 0.1) is 11.4 Å². The molecule has 0 bridgehead atoms. The molecule has 1 aromatic carbocycles. The normalized spacial score (nSPS) is 28.0. The van der Waals surface area contributed by atoms with Crippen LogP contribution in [0.25, 0.3) is 0 Å². The van der Waals surface area contributed by atoms with E-state index in [9.17, 15) is 0 Å². The van der Waals surface area contributed by atoms with E-state index in [4.69, 9.17) is 11.5 Å². The molecule has 98 valence electrons. The monoisotopic (exact) mass is 246 g/mol. The van der Waals surface area contributed by atoms with E-state index in [-0.39, 0.29) is 0 Å². The van der Waals surface area contributed by atoms with Gasteiger partial charge in [0.25, 0.3) is 0 Å². The van der Waals surface area contributed by atoms with E-state index in [0.29, 0.717) is 23.5 Å². The van der Waals surface area contributed by atoms with Gasteiger partial charge in [0.2, 0.25) is 0 Å². The zero-order chi connectivity index (χ0) is 12.5. The topological polar surface area (TPSA) is 67.3 Å². The molecule has 4 nitrogen and oxygen atoms in total. The highest BCUT2D eigenvalue weighted by molar-refractivity contribution is 5.69. The van der Waals surface area contributed by atoms with Crippen LogP contribution >= 0.6 is 0 Å². The van der Waals surface area contributed by atoms with Gasteiger partial charge in [-0.1, -0.05) is 6.42 Å². The van der Waals surface area contributed by atoms with E-state index in [1.807, 2.05) is 18.2 Å². The fourth-order valence-corrected chi connectivity index (χ4v) is 3.29. The summed E-state index contributed by atoms with van der Waals surface area (Å²) < 4.78 is 0. The first-order valence-corrected chi connectivity index (χ1v) is 6.89. The van der Waals surface area contributed by atoms with Crippen molar-refractivity contribution >= 4 is 17.1 Å². The van der Waals surface area contributed by atoms with Crippen molar-refractivity contribution in [2.75, 3.05) is 29.9 Å². The molecule has 2 unspecified atom stereocenters. The fourth-order valence-electron chi connectivity index (χ4n) is 3.29. The lowest BCUT2D eigenvalue weighted by molar-refractivity contribution is 0.193. The van der Waals surface area contributed by atoms with E-state index in [1.54, 1.807) is 0 Å². The Morgan fingerprint density at radius 3 is 2.78 bits per heavy atom. The molecule has 4 heteroatoms. The second kappa shape index (κ2) is 4.69. The average Bonchev–Trinajstić information content (AvgIpc) is 2.78. The predicted molar refractivity (Wildman–Crippen MR) is 76.5 cm³/mol. The Balaban J connectivity index is 1.70. The molecule has 18 heavy (non-hydrogen) atoms. The van der Waals surface area contributed by atoms with Crippen LogP contribution in [0.15, 0.2) is 18.2 Å². The van der Waals surface area contributed by atoms with Crippen molar-refractivity contribution in [3.63, 3.8) is 0 Å². The minimum Gasteiger partial charge on any atom is -0.397 e. The first-order chi connectivity index (χ1) is 8.74. The molecule has 2 saturated heterocycles. The lowest BCUT2D eigenvalue weighted by Crippen LogP contribution is -2.41. The molecule has 3 rings (SSSR count). The summed E-state index contributed by atoms with van der Waals surface area (Å²) >= 11 is 0. The zero-order valence-electron chi connectivity index (χ0n) is 10.7. The molecule has 0 aromatic heterocycles. The molecule has 0 radical (unpaired) electrons. The van der Waals surface area contributed by atoms with Crippen LogP contribution in [0.4, 0.5) is 17.1 Å². The van der Waals surface area contributed by atoms with Crippen LogP contribution in [0, 0.1) is 0 Å². The lowest BCUT2D eigenvalue weighted by Gasteiger charge is -2.33. The van der Waals surface area contributed by atoms with E-state index in [0.717, 1.165) is 5.69 Å². The maximum absolute atomic E-state index is 5.85. The highest BCUT2D eigenvalue weighted by Crippen LogP contribution is 2.30. The minimum atomic E-state index is 0.563. The zero-order valence-corrected chi connectivity index (χ0v) is 10.7. The van der Waals surface area contributed by atoms with Crippen LogP contribution < -0.4 is 16.8 Å². The number of rotatable bonds is 2. The van der Waals surface area contributed by atoms with E-state index < -0.39 is 0 Å². The summed E-state index contributed by atoms with van der Waals surface area (Å²) in [5.74, 6) is 0. The quantitative estimate of drug-likeness (QED) is 0.697. The molecule has 0 amide bonds. The van der Waals surface area contributed by atoms with Crippen molar-refractivity contribution in [2.45, 2.75) is 37.8 Å². The van der Waals surface area contributed by atoms with Crippen LogP contribution in [0.3, 0.4) is 0 Å². The molecule has 0 aliphatic carbocycles. The summed E-state index contributed by atoms with van der Waals surface area (Å²) in [4.78, 5) is 2.63. The molecule has 2 fully saturated rings. The van der Waals surface area contributed by atoms with Gasteiger partial charge >= 0.3 is 0 Å². The summed E-state index contributed by atoms with van der Waals surface area (Å²) in [7, 11) is 0. The van der Waals surface area contributed by atoms with Crippen LogP contribution in [0.2, 0.25) is 0 Å². The van der Waals surface area contributed by atoms with Gasteiger partial charge in [-0.05, 0) is 44.0 Å². The summed E-state index contributed by atoms with van der Waals surface area (Å²) in [5.41, 5.74) is 14.0. The summed E-state index contributed by atoms with van der Waals surface area (Å²) in [5, 5.41) is 3.63. The predicted octanol–water partition coefficient (Wildman–Crippen LogP) is 1.89. The van der Waals surface area contributed by atoms with Crippen LogP contribution in [-0.4, -0.2) is 30.1 Å². The Kier molecular flexibility index (Phi) is 3.04. The van der Waals surface area contributed by atoms with Gasteiger partial charge < -0.3 is 16.8 Å². The molecule has 2 heterocycles. The highest BCUT2D eigenvalue weighted by Gasteiger charge is 2.35. The van der Waals surface area contributed by atoms with Crippen molar-refractivity contribution in [1.29, 1.82) is 0 Å². The molecule has 0 spiro atoms. The van der Waals surface area contributed by atoms with Crippen molar-refractivity contribution in [2.24, 2.45) is 0 Å². The Hall–Kier alpha value is -1.42. The number of nitrogens with one attached hydrogen (secondary N) is 1. The number of anilines is 3. The molecule has 1 aromatic rings. The molecule has 0 saturated carbocycles. The lowest BCUT2D eigenvalue weighted by atomic mass is 9.99. The molecular weight excluding hydrogens is 224 g/mol. The number of nitrogens with two attached hydrogens (primary N) is 2. The SMILES string of the molecule is Nc1ccc(NC2CCN3CCCCC23)cc1N. The first kappa shape index (κ1) is 11.7. The van der Waals surface area contributed by atoms with Gasteiger partial charge in [-0.3, -0.25) is 4.90 Å². The third-order valence-electron chi connectivity index (χ3n) is 4.29.